The first-order chi connectivity index (χ1) is 7.09. The first-order valence-corrected chi connectivity index (χ1v) is 6.05. The lowest BCUT2D eigenvalue weighted by molar-refractivity contribution is -0.123. The van der Waals surface area contributed by atoms with Gasteiger partial charge < -0.3 is 10.2 Å². The Morgan fingerprint density at radius 3 is 2.40 bits per heavy atom. The number of hydrogen-bond donors (Lipinski definition) is 1. The third-order valence-electron chi connectivity index (χ3n) is 2.90. The highest BCUT2D eigenvalue weighted by Gasteiger charge is 2.18. The van der Waals surface area contributed by atoms with Gasteiger partial charge in [-0.15, -0.1) is 0 Å². The maximum atomic E-state index is 11.8. The summed E-state index contributed by atoms with van der Waals surface area (Å²) in [4.78, 5) is 14.2. The molecule has 3 heteroatoms. The van der Waals surface area contributed by atoms with Crippen molar-refractivity contribution in [3.05, 3.63) is 0 Å². The van der Waals surface area contributed by atoms with Gasteiger partial charge in [-0.2, -0.15) is 0 Å². The van der Waals surface area contributed by atoms with Gasteiger partial charge in [0.1, 0.15) is 5.78 Å². The molecule has 0 aliphatic carbocycles. The lowest BCUT2D eigenvalue weighted by Crippen LogP contribution is -2.45. The summed E-state index contributed by atoms with van der Waals surface area (Å²) in [5.74, 6) is 1.11. The summed E-state index contributed by atoms with van der Waals surface area (Å²) in [5.41, 5.74) is 0. The minimum Gasteiger partial charge on any atom is -0.314 e. The average molecular weight is 212 g/mol. The van der Waals surface area contributed by atoms with Gasteiger partial charge in [0, 0.05) is 45.1 Å². The van der Waals surface area contributed by atoms with E-state index in [1.54, 1.807) is 0 Å². The van der Waals surface area contributed by atoms with Crippen LogP contribution in [0.25, 0.3) is 0 Å². The van der Waals surface area contributed by atoms with E-state index in [0.717, 1.165) is 39.1 Å². The summed E-state index contributed by atoms with van der Waals surface area (Å²) in [6.45, 7) is 11.5. The lowest BCUT2D eigenvalue weighted by atomic mass is 9.97. The van der Waals surface area contributed by atoms with Crippen molar-refractivity contribution < 1.29 is 4.79 Å². The monoisotopic (exact) mass is 212 g/mol. The Morgan fingerprint density at radius 1 is 1.27 bits per heavy atom. The number of piperazine rings is 1. The maximum Gasteiger partial charge on any atom is 0.137 e. The van der Waals surface area contributed by atoms with Crippen molar-refractivity contribution in [2.75, 3.05) is 32.7 Å². The highest BCUT2D eigenvalue weighted by Crippen LogP contribution is 2.09. The number of nitrogens with one attached hydrogen (secondary N) is 1. The van der Waals surface area contributed by atoms with Gasteiger partial charge in [-0.25, -0.2) is 0 Å². The molecular formula is C12H24N2O. The number of ketones is 1. The van der Waals surface area contributed by atoms with E-state index in [1.807, 2.05) is 0 Å². The van der Waals surface area contributed by atoms with Crippen LogP contribution in [0.15, 0.2) is 0 Å². The highest BCUT2D eigenvalue weighted by atomic mass is 16.1. The lowest BCUT2D eigenvalue weighted by Gasteiger charge is -2.29. The molecule has 1 unspecified atom stereocenters. The fraction of sp³-hybridized carbons (Fsp3) is 0.917. The molecule has 0 amide bonds. The van der Waals surface area contributed by atoms with Crippen LogP contribution in [0, 0.1) is 11.8 Å². The first-order valence-electron chi connectivity index (χ1n) is 6.05. The summed E-state index contributed by atoms with van der Waals surface area (Å²) in [7, 11) is 0. The summed E-state index contributed by atoms with van der Waals surface area (Å²) >= 11 is 0. The molecule has 0 aromatic rings. The number of carbonyl (C=O) groups is 1. The Morgan fingerprint density at radius 2 is 1.87 bits per heavy atom. The number of nitrogens with zero attached hydrogens (tertiary/aromatic N) is 1. The molecule has 1 rings (SSSR count). The van der Waals surface area contributed by atoms with Gasteiger partial charge >= 0.3 is 0 Å². The van der Waals surface area contributed by atoms with Crippen molar-refractivity contribution in [2.24, 2.45) is 11.8 Å². The maximum absolute atomic E-state index is 11.8. The van der Waals surface area contributed by atoms with Gasteiger partial charge in [0.05, 0.1) is 0 Å². The largest absolute Gasteiger partial charge is 0.314 e. The van der Waals surface area contributed by atoms with Crippen LogP contribution in [0.2, 0.25) is 0 Å². The Labute approximate surface area is 93.2 Å². The van der Waals surface area contributed by atoms with E-state index in [-0.39, 0.29) is 5.92 Å². The molecular weight excluding hydrogens is 188 g/mol. The number of rotatable bonds is 5. The molecule has 0 aromatic heterocycles. The Bertz CT molecular complexity index is 198. The van der Waals surface area contributed by atoms with Gasteiger partial charge in [-0.05, 0) is 5.92 Å². The SMILES string of the molecule is CC(C)CC(=O)C(C)CN1CCNCC1. The molecule has 0 bridgehead atoms. The third kappa shape index (κ3) is 4.76. The Kier molecular flexibility index (Phi) is 5.26. The third-order valence-corrected chi connectivity index (χ3v) is 2.90. The molecule has 0 radical (unpaired) electrons. The molecule has 1 atom stereocenters. The minimum atomic E-state index is 0.200. The fourth-order valence-corrected chi connectivity index (χ4v) is 1.99. The van der Waals surface area contributed by atoms with E-state index >= 15 is 0 Å². The van der Waals surface area contributed by atoms with Crippen molar-refractivity contribution in [3.8, 4) is 0 Å². The number of Topliss-reactive ketones (excluding diaryl/α,β-unsaturated/α-hetero) is 1. The molecule has 1 saturated heterocycles. The normalized spacial score (nSPS) is 20.5. The van der Waals surface area contributed by atoms with E-state index in [2.05, 4.69) is 31.0 Å². The molecule has 3 nitrogen and oxygen atoms in total. The average Bonchev–Trinajstić information content (AvgIpc) is 2.18. The molecule has 15 heavy (non-hydrogen) atoms. The van der Waals surface area contributed by atoms with Crippen molar-refractivity contribution >= 4 is 5.78 Å². The summed E-state index contributed by atoms with van der Waals surface area (Å²) in [6, 6.07) is 0. The predicted molar refractivity (Wildman–Crippen MR) is 62.9 cm³/mol. The molecule has 1 fully saturated rings. The molecule has 0 spiro atoms. The zero-order valence-corrected chi connectivity index (χ0v) is 10.3. The van der Waals surface area contributed by atoms with Crippen LogP contribution in [0.3, 0.4) is 0 Å². The van der Waals surface area contributed by atoms with Crippen molar-refractivity contribution in [3.63, 3.8) is 0 Å². The van der Waals surface area contributed by atoms with Crippen LogP contribution in [0.4, 0.5) is 0 Å². The van der Waals surface area contributed by atoms with E-state index in [1.165, 1.54) is 0 Å². The predicted octanol–water partition coefficient (Wildman–Crippen LogP) is 1.14. The molecule has 1 aliphatic heterocycles. The molecule has 0 aromatic carbocycles. The zero-order chi connectivity index (χ0) is 11.3. The molecule has 88 valence electrons. The topological polar surface area (TPSA) is 32.3 Å². The molecule has 1 aliphatic rings. The van der Waals surface area contributed by atoms with Gasteiger partial charge in [0.15, 0.2) is 0 Å². The van der Waals surface area contributed by atoms with Crippen molar-refractivity contribution in [1.82, 2.24) is 10.2 Å². The second kappa shape index (κ2) is 6.23. The van der Waals surface area contributed by atoms with E-state index in [9.17, 15) is 4.79 Å². The van der Waals surface area contributed by atoms with Gasteiger partial charge in [0.2, 0.25) is 0 Å². The number of carbonyl (C=O) groups excluding carboxylic acids is 1. The molecule has 1 heterocycles. The quantitative estimate of drug-likeness (QED) is 0.742. The summed E-state index contributed by atoms with van der Waals surface area (Å²) in [6.07, 6.45) is 0.729. The Balaban J connectivity index is 2.26. The van der Waals surface area contributed by atoms with Gasteiger partial charge in [0.25, 0.3) is 0 Å². The van der Waals surface area contributed by atoms with Gasteiger partial charge in [-0.3, -0.25) is 4.79 Å². The Hall–Kier alpha value is -0.410. The smallest absolute Gasteiger partial charge is 0.137 e. The molecule has 0 saturated carbocycles. The van der Waals surface area contributed by atoms with Crippen molar-refractivity contribution in [1.29, 1.82) is 0 Å². The molecule has 1 N–H and O–H groups in total. The van der Waals surface area contributed by atoms with Crippen LogP contribution in [-0.2, 0) is 4.79 Å². The van der Waals surface area contributed by atoms with E-state index in [0.29, 0.717) is 11.7 Å². The van der Waals surface area contributed by atoms with Crippen molar-refractivity contribution in [2.45, 2.75) is 27.2 Å². The fourth-order valence-electron chi connectivity index (χ4n) is 1.99. The minimum absolute atomic E-state index is 0.200. The van der Waals surface area contributed by atoms with Crippen LogP contribution in [-0.4, -0.2) is 43.4 Å². The second-order valence-electron chi connectivity index (χ2n) is 5.02. The van der Waals surface area contributed by atoms with E-state index in [4.69, 9.17) is 0 Å². The van der Waals surface area contributed by atoms with Crippen LogP contribution in [0.5, 0.6) is 0 Å². The second-order valence-corrected chi connectivity index (χ2v) is 5.02. The van der Waals surface area contributed by atoms with Crippen LogP contribution in [0.1, 0.15) is 27.2 Å². The van der Waals surface area contributed by atoms with Gasteiger partial charge in [-0.1, -0.05) is 20.8 Å². The summed E-state index contributed by atoms with van der Waals surface area (Å²) < 4.78 is 0. The first kappa shape index (κ1) is 12.7. The standard InChI is InChI=1S/C12H24N2O/c1-10(2)8-12(15)11(3)9-14-6-4-13-5-7-14/h10-11,13H,4-9H2,1-3H3. The van der Waals surface area contributed by atoms with E-state index < -0.39 is 0 Å². The van der Waals surface area contributed by atoms with Crippen LogP contribution >= 0.6 is 0 Å². The number of hydrogen-bond acceptors (Lipinski definition) is 3. The van der Waals surface area contributed by atoms with Crippen LogP contribution < -0.4 is 5.32 Å². The zero-order valence-electron chi connectivity index (χ0n) is 10.3. The summed E-state index contributed by atoms with van der Waals surface area (Å²) in [5, 5.41) is 3.32. The highest BCUT2D eigenvalue weighted by molar-refractivity contribution is 5.81.